The molecule has 7 nitrogen and oxygen atoms in total. The Morgan fingerprint density at radius 3 is 2.55 bits per heavy atom. The number of sulfonamides is 1. The summed E-state index contributed by atoms with van der Waals surface area (Å²) in [5.74, 6) is 0.186. The third kappa shape index (κ3) is 3.91. The molecule has 8 heteroatoms. The third-order valence-electron chi connectivity index (χ3n) is 3.77. The Balaban J connectivity index is 1.79. The van der Waals surface area contributed by atoms with E-state index < -0.39 is 10.0 Å². The lowest BCUT2D eigenvalue weighted by molar-refractivity contribution is -0.133. The standard InChI is InChI=1S/C12H23N3O4S/c1-2-20(17,18)15-6-4-14(5-7-15)12(16)9-11-10-19-8-3-13-11/h11,13H,2-10H2,1H3. The minimum Gasteiger partial charge on any atom is -0.378 e. The topological polar surface area (TPSA) is 79.0 Å². The Morgan fingerprint density at radius 2 is 2.00 bits per heavy atom. The van der Waals surface area contributed by atoms with E-state index in [1.54, 1.807) is 11.8 Å². The lowest BCUT2D eigenvalue weighted by Gasteiger charge is -2.35. The van der Waals surface area contributed by atoms with Crippen molar-refractivity contribution in [2.75, 3.05) is 51.7 Å². The van der Waals surface area contributed by atoms with Gasteiger partial charge in [-0.25, -0.2) is 8.42 Å². The zero-order valence-electron chi connectivity index (χ0n) is 11.9. The lowest BCUT2D eigenvalue weighted by Crippen LogP contribution is -2.52. The average molecular weight is 305 g/mol. The molecule has 0 aliphatic carbocycles. The van der Waals surface area contributed by atoms with Crippen LogP contribution in [0.1, 0.15) is 13.3 Å². The summed E-state index contributed by atoms with van der Waals surface area (Å²) in [5, 5.41) is 3.25. The van der Waals surface area contributed by atoms with Gasteiger partial charge in [0.15, 0.2) is 0 Å². The number of amides is 1. The van der Waals surface area contributed by atoms with Crippen molar-refractivity contribution < 1.29 is 17.9 Å². The van der Waals surface area contributed by atoms with Crippen molar-refractivity contribution in [3.63, 3.8) is 0 Å². The van der Waals surface area contributed by atoms with Crippen molar-refractivity contribution >= 4 is 15.9 Å². The fraction of sp³-hybridized carbons (Fsp3) is 0.917. The molecule has 2 aliphatic heterocycles. The van der Waals surface area contributed by atoms with Gasteiger partial charge in [0.1, 0.15) is 0 Å². The van der Waals surface area contributed by atoms with Crippen LogP contribution in [0.3, 0.4) is 0 Å². The molecule has 0 bridgehead atoms. The van der Waals surface area contributed by atoms with Gasteiger partial charge in [-0.2, -0.15) is 4.31 Å². The van der Waals surface area contributed by atoms with Crippen molar-refractivity contribution in [1.82, 2.24) is 14.5 Å². The Kier molecular flexibility index (Phi) is 5.36. The second-order valence-corrected chi connectivity index (χ2v) is 7.37. The van der Waals surface area contributed by atoms with E-state index in [2.05, 4.69) is 5.32 Å². The molecule has 1 N–H and O–H groups in total. The molecule has 20 heavy (non-hydrogen) atoms. The van der Waals surface area contributed by atoms with Gasteiger partial charge in [-0.1, -0.05) is 0 Å². The van der Waals surface area contributed by atoms with E-state index in [1.807, 2.05) is 0 Å². The molecule has 2 rings (SSSR count). The zero-order valence-corrected chi connectivity index (χ0v) is 12.7. The van der Waals surface area contributed by atoms with Crippen LogP contribution in [-0.2, 0) is 19.6 Å². The molecule has 1 unspecified atom stereocenters. The lowest BCUT2D eigenvalue weighted by atomic mass is 10.1. The summed E-state index contributed by atoms with van der Waals surface area (Å²) in [6.45, 7) is 5.43. The zero-order chi connectivity index (χ0) is 14.6. The quantitative estimate of drug-likeness (QED) is 0.710. The summed E-state index contributed by atoms with van der Waals surface area (Å²) in [7, 11) is -3.13. The van der Waals surface area contributed by atoms with Gasteiger partial charge in [-0.15, -0.1) is 0 Å². The molecule has 2 fully saturated rings. The van der Waals surface area contributed by atoms with Gasteiger partial charge in [-0.3, -0.25) is 4.79 Å². The van der Waals surface area contributed by atoms with Gasteiger partial charge in [0.2, 0.25) is 15.9 Å². The average Bonchev–Trinajstić information content (AvgIpc) is 2.48. The Morgan fingerprint density at radius 1 is 1.30 bits per heavy atom. The van der Waals surface area contributed by atoms with Gasteiger partial charge in [0.25, 0.3) is 0 Å². The number of carbonyl (C=O) groups is 1. The second-order valence-electron chi connectivity index (χ2n) is 5.11. The van der Waals surface area contributed by atoms with Crippen molar-refractivity contribution in [2.24, 2.45) is 0 Å². The van der Waals surface area contributed by atoms with E-state index in [-0.39, 0.29) is 17.7 Å². The van der Waals surface area contributed by atoms with Gasteiger partial charge in [-0.05, 0) is 6.92 Å². The van der Waals surface area contributed by atoms with Crippen molar-refractivity contribution in [3.05, 3.63) is 0 Å². The molecular formula is C12H23N3O4S. The van der Waals surface area contributed by atoms with Gasteiger partial charge >= 0.3 is 0 Å². The Hall–Kier alpha value is -0.700. The first kappa shape index (κ1) is 15.7. The van der Waals surface area contributed by atoms with E-state index in [0.29, 0.717) is 45.8 Å². The Bertz CT molecular complexity index is 426. The first-order valence-corrected chi connectivity index (χ1v) is 8.70. The normalized spacial score (nSPS) is 25.6. The first-order chi connectivity index (χ1) is 9.53. The maximum absolute atomic E-state index is 12.2. The number of nitrogens with one attached hydrogen (secondary N) is 1. The minimum atomic E-state index is -3.13. The monoisotopic (exact) mass is 305 g/mol. The van der Waals surface area contributed by atoms with E-state index in [9.17, 15) is 13.2 Å². The van der Waals surface area contributed by atoms with E-state index >= 15 is 0 Å². The summed E-state index contributed by atoms with van der Waals surface area (Å²) < 4.78 is 30.3. The number of hydrogen-bond acceptors (Lipinski definition) is 5. The number of piperazine rings is 1. The summed E-state index contributed by atoms with van der Waals surface area (Å²) >= 11 is 0. The minimum absolute atomic E-state index is 0.0709. The van der Waals surface area contributed by atoms with Crippen LogP contribution in [0, 0.1) is 0 Å². The molecule has 0 aromatic heterocycles. The largest absolute Gasteiger partial charge is 0.378 e. The van der Waals surface area contributed by atoms with E-state index in [1.165, 1.54) is 4.31 Å². The summed E-state index contributed by atoms with van der Waals surface area (Å²) in [6, 6.07) is 0.0775. The van der Waals surface area contributed by atoms with Crippen LogP contribution in [-0.4, -0.2) is 81.3 Å². The summed E-state index contributed by atoms with van der Waals surface area (Å²) in [4.78, 5) is 13.9. The summed E-state index contributed by atoms with van der Waals surface area (Å²) in [6.07, 6.45) is 0.417. The predicted octanol–water partition coefficient (Wildman–Crippen LogP) is -1.14. The van der Waals surface area contributed by atoms with Gasteiger partial charge in [0.05, 0.1) is 19.0 Å². The molecule has 0 aromatic carbocycles. The van der Waals surface area contributed by atoms with Crippen LogP contribution >= 0.6 is 0 Å². The molecule has 1 atom stereocenters. The Labute approximate surface area is 120 Å². The molecule has 1 amide bonds. The number of hydrogen-bond donors (Lipinski definition) is 1. The molecule has 2 heterocycles. The fourth-order valence-corrected chi connectivity index (χ4v) is 3.57. The smallest absolute Gasteiger partial charge is 0.224 e. The van der Waals surface area contributed by atoms with Crippen LogP contribution in [0.4, 0.5) is 0 Å². The molecule has 2 saturated heterocycles. The molecule has 0 saturated carbocycles. The molecule has 2 aliphatic rings. The summed E-state index contributed by atoms with van der Waals surface area (Å²) in [5.41, 5.74) is 0. The molecule has 116 valence electrons. The maximum Gasteiger partial charge on any atom is 0.224 e. The second kappa shape index (κ2) is 6.84. The SMILES string of the molecule is CCS(=O)(=O)N1CCN(C(=O)CC2COCCN2)CC1. The van der Waals surface area contributed by atoms with E-state index in [0.717, 1.165) is 6.54 Å². The number of morpholine rings is 1. The van der Waals surface area contributed by atoms with Gasteiger partial charge < -0.3 is 15.0 Å². The van der Waals surface area contributed by atoms with Gasteiger partial charge in [0, 0.05) is 45.2 Å². The number of nitrogens with zero attached hydrogens (tertiary/aromatic N) is 2. The molecule has 0 radical (unpaired) electrons. The highest BCUT2D eigenvalue weighted by Gasteiger charge is 2.28. The molecular weight excluding hydrogens is 282 g/mol. The third-order valence-corrected chi connectivity index (χ3v) is 5.65. The van der Waals surface area contributed by atoms with Crippen LogP contribution in [0.25, 0.3) is 0 Å². The number of carbonyl (C=O) groups excluding carboxylic acids is 1. The van der Waals surface area contributed by atoms with E-state index in [4.69, 9.17) is 4.74 Å². The number of ether oxygens (including phenoxy) is 1. The van der Waals surface area contributed by atoms with Crippen molar-refractivity contribution in [2.45, 2.75) is 19.4 Å². The van der Waals surface area contributed by atoms with Crippen LogP contribution in [0.15, 0.2) is 0 Å². The molecule has 0 spiro atoms. The van der Waals surface area contributed by atoms with Crippen LogP contribution in [0.5, 0.6) is 0 Å². The fourth-order valence-electron chi connectivity index (χ4n) is 2.49. The predicted molar refractivity (Wildman–Crippen MR) is 74.8 cm³/mol. The highest BCUT2D eigenvalue weighted by Crippen LogP contribution is 2.10. The first-order valence-electron chi connectivity index (χ1n) is 7.09. The van der Waals surface area contributed by atoms with Crippen molar-refractivity contribution in [3.8, 4) is 0 Å². The highest BCUT2D eigenvalue weighted by atomic mass is 32.2. The highest BCUT2D eigenvalue weighted by molar-refractivity contribution is 7.89. The van der Waals surface area contributed by atoms with Crippen LogP contribution < -0.4 is 5.32 Å². The number of rotatable bonds is 4. The molecule has 0 aromatic rings. The van der Waals surface area contributed by atoms with Crippen LogP contribution in [0.2, 0.25) is 0 Å². The van der Waals surface area contributed by atoms with Crippen molar-refractivity contribution in [1.29, 1.82) is 0 Å². The maximum atomic E-state index is 12.2.